The molecule has 0 aliphatic heterocycles. The number of carbonyl (C=O) groups is 1. The molecule has 0 saturated carbocycles. The molecule has 0 fully saturated rings. The van der Waals surface area contributed by atoms with Crippen molar-refractivity contribution in [1.29, 1.82) is 0 Å². The van der Waals surface area contributed by atoms with Crippen molar-refractivity contribution in [3.63, 3.8) is 0 Å². The van der Waals surface area contributed by atoms with Gasteiger partial charge in [-0.2, -0.15) is 0 Å². The zero-order chi connectivity index (χ0) is 13.1. The molecule has 0 saturated heterocycles. The molecule has 1 aromatic carbocycles. The summed E-state index contributed by atoms with van der Waals surface area (Å²) in [6.07, 6.45) is 2.98. The number of benzene rings is 1. The van der Waals surface area contributed by atoms with E-state index in [0.717, 1.165) is 6.42 Å². The predicted molar refractivity (Wildman–Crippen MR) is 75.0 cm³/mol. The first-order valence-corrected chi connectivity index (χ1v) is 6.50. The molecule has 0 radical (unpaired) electrons. The highest BCUT2D eigenvalue weighted by Crippen LogP contribution is 2.20. The van der Waals surface area contributed by atoms with Crippen LogP contribution in [-0.4, -0.2) is 34.8 Å². The van der Waals surface area contributed by atoms with E-state index in [0.29, 0.717) is 6.54 Å². The highest BCUT2D eigenvalue weighted by atomic mass is 35.5. The fraction of sp³-hybridized carbons (Fsp3) is 0.357. The van der Waals surface area contributed by atoms with Crippen molar-refractivity contribution in [2.75, 3.05) is 19.5 Å². The van der Waals surface area contributed by atoms with E-state index in [1.807, 2.05) is 19.2 Å². The summed E-state index contributed by atoms with van der Waals surface area (Å²) in [7, 11) is 3.83. The second kappa shape index (κ2) is 5.44. The van der Waals surface area contributed by atoms with Crippen molar-refractivity contribution in [3.05, 3.63) is 36.0 Å². The number of amides is 1. The van der Waals surface area contributed by atoms with E-state index < -0.39 is 0 Å². The minimum Gasteiger partial charge on any atom is -0.350 e. The molecule has 0 atom stereocenters. The number of alkyl halides is 1. The zero-order valence-electron chi connectivity index (χ0n) is 10.7. The minimum atomic E-state index is -0.0306. The number of para-hydroxylation sites is 1. The van der Waals surface area contributed by atoms with E-state index in [9.17, 15) is 4.79 Å². The quantitative estimate of drug-likeness (QED) is 0.779. The monoisotopic (exact) mass is 264 g/mol. The molecule has 2 rings (SSSR count). The molecule has 0 bridgehead atoms. The Morgan fingerprint density at radius 2 is 2.11 bits per heavy atom. The lowest BCUT2D eigenvalue weighted by Gasteiger charge is -2.15. The van der Waals surface area contributed by atoms with Crippen LogP contribution in [0.5, 0.6) is 0 Å². The van der Waals surface area contributed by atoms with Crippen LogP contribution in [0.1, 0.15) is 5.56 Å². The fourth-order valence-electron chi connectivity index (χ4n) is 2.14. The third kappa shape index (κ3) is 2.51. The van der Waals surface area contributed by atoms with Crippen LogP contribution in [0.15, 0.2) is 30.5 Å². The van der Waals surface area contributed by atoms with Gasteiger partial charge in [0.05, 0.1) is 0 Å². The molecule has 96 valence electrons. The number of rotatable bonds is 4. The average molecular weight is 265 g/mol. The summed E-state index contributed by atoms with van der Waals surface area (Å²) in [5.41, 5.74) is 2.49. The van der Waals surface area contributed by atoms with Crippen LogP contribution in [-0.2, 0) is 18.3 Å². The van der Waals surface area contributed by atoms with Gasteiger partial charge in [0.15, 0.2) is 0 Å². The molecule has 3 nitrogen and oxygen atoms in total. The predicted octanol–water partition coefficient (Wildman–Crippen LogP) is 2.42. The summed E-state index contributed by atoms with van der Waals surface area (Å²) >= 11 is 5.53. The standard InChI is InChI=1S/C14H17ClN2O/c1-16(14(18)9-15)8-7-11-10-17(2)13-6-4-3-5-12(11)13/h3-6,10H,7-9H2,1-2H3. The van der Waals surface area contributed by atoms with Gasteiger partial charge in [-0.1, -0.05) is 18.2 Å². The number of fused-ring (bicyclic) bond motifs is 1. The van der Waals surface area contributed by atoms with Crippen LogP contribution in [0.2, 0.25) is 0 Å². The Balaban J connectivity index is 2.15. The molecular formula is C14H17ClN2O. The lowest BCUT2D eigenvalue weighted by atomic mass is 10.1. The first kappa shape index (κ1) is 13.0. The lowest BCUT2D eigenvalue weighted by Crippen LogP contribution is -2.29. The van der Waals surface area contributed by atoms with Gasteiger partial charge in [-0.05, 0) is 18.1 Å². The van der Waals surface area contributed by atoms with E-state index in [1.54, 1.807) is 11.9 Å². The van der Waals surface area contributed by atoms with Crippen LogP contribution < -0.4 is 0 Å². The Bertz CT molecular complexity index is 562. The molecule has 4 heteroatoms. The molecule has 1 aromatic heterocycles. The Hall–Kier alpha value is -1.48. The summed E-state index contributed by atoms with van der Waals surface area (Å²) in [6, 6.07) is 8.30. The van der Waals surface area contributed by atoms with Gasteiger partial charge < -0.3 is 9.47 Å². The second-order valence-corrected chi connectivity index (χ2v) is 4.75. The molecule has 18 heavy (non-hydrogen) atoms. The maximum absolute atomic E-state index is 11.4. The lowest BCUT2D eigenvalue weighted by molar-refractivity contribution is -0.127. The Labute approximate surface area is 112 Å². The minimum absolute atomic E-state index is 0.0306. The third-order valence-corrected chi connectivity index (χ3v) is 3.46. The molecule has 0 N–H and O–H groups in total. The molecule has 0 aliphatic rings. The van der Waals surface area contributed by atoms with Crippen molar-refractivity contribution in [2.24, 2.45) is 7.05 Å². The average Bonchev–Trinajstić information content (AvgIpc) is 2.72. The summed E-state index contributed by atoms with van der Waals surface area (Å²) in [6.45, 7) is 0.694. The van der Waals surface area contributed by atoms with Crippen molar-refractivity contribution in [3.8, 4) is 0 Å². The Morgan fingerprint density at radius 1 is 1.39 bits per heavy atom. The van der Waals surface area contributed by atoms with Gasteiger partial charge >= 0.3 is 0 Å². The summed E-state index contributed by atoms with van der Waals surface area (Å²) in [5.74, 6) is 0.0170. The van der Waals surface area contributed by atoms with Crippen molar-refractivity contribution < 1.29 is 4.79 Å². The first-order valence-electron chi connectivity index (χ1n) is 5.96. The van der Waals surface area contributed by atoms with E-state index in [4.69, 9.17) is 11.6 Å². The molecule has 1 heterocycles. The van der Waals surface area contributed by atoms with E-state index >= 15 is 0 Å². The maximum atomic E-state index is 11.4. The molecule has 0 spiro atoms. The highest BCUT2D eigenvalue weighted by molar-refractivity contribution is 6.27. The molecule has 0 aliphatic carbocycles. The van der Waals surface area contributed by atoms with E-state index in [2.05, 4.69) is 22.9 Å². The van der Waals surface area contributed by atoms with Crippen LogP contribution in [0.3, 0.4) is 0 Å². The normalized spacial score (nSPS) is 10.8. The largest absolute Gasteiger partial charge is 0.350 e. The van der Waals surface area contributed by atoms with Crippen molar-refractivity contribution in [1.82, 2.24) is 9.47 Å². The molecule has 1 amide bonds. The van der Waals surface area contributed by atoms with Gasteiger partial charge in [-0.3, -0.25) is 4.79 Å². The summed E-state index contributed by atoms with van der Waals surface area (Å²) in [4.78, 5) is 13.1. The molecule has 2 aromatic rings. The van der Waals surface area contributed by atoms with Crippen LogP contribution in [0.4, 0.5) is 0 Å². The van der Waals surface area contributed by atoms with Crippen LogP contribution in [0.25, 0.3) is 10.9 Å². The van der Waals surface area contributed by atoms with Gasteiger partial charge in [-0.25, -0.2) is 0 Å². The topological polar surface area (TPSA) is 25.2 Å². The number of aryl methyl sites for hydroxylation is 1. The van der Waals surface area contributed by atoms with Gasteiger partial charge in [0.25, 0.3) is 0 Å². The Morgan fingerprint density at radius 3 is 2.83 bits per heavy atom. The van der Waals surface area contributed by atoms with Gasteiger partial charge in [0.1, 0.15) is 5.88 Å². The third-order valence-electron chi connectivity index (χ3n) is 3.24. The van der Waals surface area contributed by atoms with Crippen LogP contribution >= 0.6 is 11.6 Å². The molecular weight excluding hydrogens is 248 g/mol. The first-order chi connectivity index (χ1) is 8.63. The second-order valence-electron chi connectivity index (χ2n) is 4.48. The van der Waals surface area contributed by atoms with Crippen molar-refractivity contribution >= 4 is 28.4 Å². The van der Waals surface area contributed by atoms with Gasteiger partial charge in [0.2, 0.25) is 5.91 Å². The zero-order valence-corrected chi connectivity index (χ0v) is 11.4. The number of carbonyl (C=O) groups excluding carboxylic acids is 1. The Kier molecular flexibility index (Phi) is 3.92. The summed E-state index contributed by atoms with van der Waals surface area (Å²) in [5, 5.41) is 1.26. The number of nitrogens with zero attached hydrogens (tertiary/aromatic N) is 2. The van der Waals surface area contributed by atoms with E-state index in [1.165, 1.54) is 16.5 Å². The number of hydrogen-bond acceptors (Lipinski definition) is 1. The van der Waals surface area contributed by atoms with E-state index in [-0.39, 0.29) is 11.8 Å². The number of hydrogen-bond donors (Lipinski definition) is 0. The highest BCUT2D eigenvalue weighted by Gasteiger charge is 2.09. The fourth-order valence-corrected chi connectivity index (χ4v) is 2.34. The molecule has 0 unspecified atom stereocenters. The number of likely N-dealkylation sites (N-methyl/N-ethyl adjacent to an activating group) is 1. The maximum Gasteiger partial charge on any atom is 0.237 e. The SMILES string of the molecule is CN(CCc1cn(C)c2ccccc12)C(=O)CCl. The van der Waals surface area contributed by atoms with Crippen molar-refractivity contribution in [2.45, 2.75) is 6.42 Å². The van der Waals surface area contributed by atoms with Gasteiger partial charge in [-0.15, -0.1) is 11.6 Å². The van der Waals surface area contributed by atoms with Crippen LogP contribution in [0, 0.1) is 0 Å². The number of aromatic nitrogens is 1. The van der Waals surface area contributed by atoms with Gasteiger partial charge in [0, 0.05) is 37.7 Å². The smallest absolute Gasteiger partial charge is 0.237 e. The number of halogens is 1. The summed E-state index contributed by atoms with van der Waals surface area (Å²) < 4.78 is 2.12.